The molecule has 1 amide bonds. The number of benzene rings is 2. The van der Waals surface area contributed by atoms with Crippen LogP contribution in [-0.4, -0.2) is 58.2 Å². The smallest absolute Gasteiger partial charge is 0.410 e. The zero-order chi connectivity index (χ0) is 24.5. The van der Waals surface area contributed by atoms with E-state index >= 15 is 0 Å². The predicted octanol–water partition coefficient (Wildman–Crippen LogP) is 5.56. The number of fused-ring (bicyclic) bond motifs is 1. The minimum absolute atomic E-state index is 0.120. The van der Waals surface area contributed by atoms with Gasteiger partial charge in [0.05, 0.1) is 11.6 Å². The van der Waals surface area contributed by atoms with Crippen molar-refractivity contribution in [1.82, 2.24) is 20.3 Å². The van der Waals surface area contributed by atoms with Gasteiger partial charge in [-0.2, -0.15) is 0 Å². The molecule has 180 valence electrons. The fraction of sp³-hybridized carbons (Fsp3) is 0.417. The second-order valence-electron chi connectivity index (χ2n) is 9.33. The number of rotatable bonds is 4. The predicted molar refractivity (Wildman–Crippen MR) is 136 cm³/mol. The first-order chi connectivity index (χ1) is 16.1. The second kappa shape index (κ2) is 9.80. The van der Waals surface area contributed by atoms with Crippen molar-refractivity contribution in [3.8, 4) is 0 Å². The molecule has 0 unspecified atom stereocenters. The Morgan fingerprint density at radius 1 is 1.06 bits per heavy atom. The second-order valence-corrected chi connectivity index (χ2v) is 10.2. The van der Waals surface area contributed by atoms with Crippen molar-refractivity contribution in [2.24, 2.45) is 0 Å². The maximum Gasteiger partial charge on any atom is 0.410 e. The number of nitrogens with one attached hydrogen (secondary N) is 1. The van der Waals surface area contributed by atoms with Crippen LogP contribution in [0.2, 0.25) is 10.0 Å². The van der Waals surface area contributed by atoms with Crippen molar-refractivity contribution < 1.29 is 9.53 Å². The van der Waals surface area contributed by atoms with Crippen LogP contribution >= 0.6 is 23.2 Å². The summed E-state index contributed by atoms with van der Waals surface area (Å²) in [5, 5.41) is 17.8. The topological polar surface area (TPSA) is 83.5 Å². The average Bonchev–Trinajstić information content (AvgIpc) is 2.78. The Morgan fingerprint density at radius 2 is 1.79 bits per heavy atom. The highest BCUT2D eigenvalue weighted by Gasteiger charge is 2.26. The highest BCUT2D eigenvalue weighted by atomic mass is 35.5. The number of anilines is 2. The largest absolute Gasteiger partial charge is 0.444 e. The Bertz CT molecular complexity index is 1190. The Morgan fingerprint density at radius 3 is 2.47 bits per heavy atom. The van der Waals surface area contributed by atoms with Gasteiger partial charge in [0.15, 0.2) is 5.82 Å². The van der Waals surface area contributed by atoms with E-state index in [9.17, 15) is 4.79 Å². The van der Waals surface area contributed by atoms with E-state index in [-0.39, 0.29) is 12.1 Å². The molecule has 0 bridgehead atoms. The van der Waals surface area contributed by atoms with Crippen LogP contribution in [0.25, 0.3) is 10.9 Å². The molecule has 1 atom stereocenters. The van der Waals surface area contributed by atoms with Crippen LogP contribution < -0.4 is 10.2 Å². The van der Waals surface area contributed by atoms with Crippen LogP contribution in [0.1, 0.15) is 39.3 Å². The van der Waals surface area contributed by atoms with Crippen molar-refractivity contribution in [3.05, 3.63) is 52.0 Å². The number of amides is 1. The summed E-state index contributed by atoms with van der Waals surface area (Å²) < 4.78 is 5.50. The number of piperazine rings is 1. The summed E-state index contributed by atoms with van der Waals surface area (Å²) in [5.74, 6) is 0.623. The number of carbonyl (C=O) groups is 1. The molecule has 0 saturated carbocycles. The molecule has 1 saturated heterocycles. The van der Waals surface area contributed by atoms with Crippen molar-refractivity contribution >= 4 is 51.7 Å². The molecule has 1 aliphatic rings. The molecule has 1 fully saturated rings. The maximum atomic E-state index is 12.4. The minimum atomic E-state index is -0.503. The fourth-order valence-electron chi connectivity index (χ4n) is 3.88. The molecule has 2 aromatic carbocycles. The van der Waals surface area contributed by atoms with Gasteiger partial charge in [-0.3, -0.25) is 0 Å². The molecular formula is C24H28Cl2N6O2. The molecule has 1 aliphatic heterocycles. The number of carbonyl (C=O) groups excluding carboxylic acids is 1. The quantitative estimate of drug-likeness (QED) is 0.499. The zero-order valence-corrected chi connectivity index (χ0v) is 21.2. The summed E-state index contributed by atoms with van der Waals surface area (Å²) in [4.78, 5) is 16.4. The molecule has 3 aromatic rings. The first-order valence-electron chi connectivity index (χ1n) is 11.2. The summed E-state index contributed by atoms with van der Waals surface area (Å²) in [5.41, 5.74) is 2.18. The Balaban J connectivity index is 1.51. The molecule has 0 aliphatic carbocycles. The lowest BCUT2D eigenvalue weighted by Crippen LogP contribution is -2.50. The monoisotopic (exact) mass is 502 g/mol. The Labute approximate surface area is 209 Å². The number of nitrogens with zero attached hydrogens (tertiary/aromatic N) is 5. The molecule has 8 nitrogen and oxygen atoms in total. The summed E-state index contributed by atoms with van der Waals surface area (Å²) in [6.45, 7) is 10.2. The molecule has 0 spiro atoms. The van der Waals surface area contributed by atoms with E-state index in [0.717, 1.165) is 22.2 Å². The standard InChI is InChI=1S/C24H28Cl2N6O2/c1-15(18-7-5-16(25)13-20(18)26)27-22-19-14-17(6-8-21(19)28-30-29-22)31-9-11-32(12-10-31)23(33)34-24(2,3)4/h5-8,13-15H,9-12H2,1-4H3,(H,27,28,29)/t15-/m1/s1. The van der Waals surface area contributed by atoms with E-state index in [1.165, 1.54) is 0 Å². The Hall–Kier alpha value is -2.84. The fourth-order valence-corrected chi connectivity index (χ4v) is 4.45. The van der Waals surface area contributed by atoms with Crippen LogP contribution in [0.5, 0.6) is 0 Å². The van der Waals surface area contributed by atoms with Gasteiger partial charge in [-0.15, -0.1) is 10.2 Å². The summed E-state index contributed by atoms with van der Waals surface area (Å²) >= 11 is 12.4. The van der Waals surface area contributed by atoms with Gasteiger partial charge in [-0.25, -0.2) is 4.79 Å². The number of hydrogen-bond donors (Lipinski definition) is 1. The van der Waals surface area contributed by atoms with E-state index in [4.69, 9.17) is 27.9 Å². The van der Waals surface area contributed by atoms with Crippen molar-refractivity contribution in [3.63, 3.8) is 0 Å². The van der Waals surface area contributed by atoms with Gasteiger partial charge < -0.3 is 19.9 Å². The van der Waals surface area contributed by atoms with Crippen LogP contribution in [0.4, 0.5) is 16.3 Å². The van der Waals surface area contributed by atoms with Gasteiger partial charge in [0.2, 0.25) is 0 Å². The van der Waals surface area contributed by atoms with Crippen LogP contribution in [0, 0.1) is 0 Å². The van der Waals surface area contributed by atoms with Crippen molar-refractivity contribution in [1.29, 1.82) is 0 Å². The summed E-state index contributed by atoms with van der Waals surface area (Å²) in [6.07, 6.45) is -0.272. The van der Waals surface area contributed by atoms with Crippen LogP contribution in [0.15, 0.2) is 36.4 Å². The van der Waals surface area contributed by atoms with Gasteiger partial charge in [-0.1, -0.05) is 29.3 Å². The third-order valence-corrected chi connectivity index (χ3v) is 6.17. The van der Waals surface area contributed by atoms with Crippen molar-refractivity contribution in [2.45, 2.75) is 39.3 Å². The van der Waals surface area contributed by atoms with Crippen LogP contribution in [-0.2, 0) is 4.74 Å². The number of ether oxygens (including phenoxy) is 1. The van der Waals surface area contributed by atoms with Crippen LogP contribution in [0.3, 0.4) is 0 Å². The number of halogens is 2. The third-order valence-electron chi connectivity index (χ3n) is 5.61. The number of aromatic nitrogens is 3. The van der Waals surface area contributed by atoms with Gasteiger partial charge in [0.1, 0.15) is 5.60 Å². The number of hydrogen-bond acceptors (Lipinski definition) is 7. The molecule has 1 aromatic heterocycles. The molecule has 1 N–H and O–H groups in total. The normalized spacial score (nSPS) is 15.4. The molecule has 10 heteroatoms. The van der Waals surface area contributed by atoms with Gasteiger partial charge >= 0.3 is 6.09 Å². The highest BCUT2D eigenvalue weighted by Crippen LogP contribution is 2.31. The van der Waals surface area contributed by atoms with E-state index in [1.807, 2.05) is 52.0 Å². The lowest BCUT2D eigenvalue weighted by atomic mass is 10.1. The lowest BCUT2D eigenvalue weighted by molar-refractivity contribution is 0.0240. The lowest BCUT2D eigenvalue weighted by Gasteiger charge is -2.36. The summed E-state index contributed by atoms with van der Waals surface area (Å²) in [6, 6.07) is 11.3. The Kier molecular flexibility index (Phi) is 7.00. The van der Waals surface area contributed by atoms with Crippen molar-refractivity contribution in [2.75, 3.05) is 36.4 Å². The van der Waals surface area contributed by atoms with Gasteiger partial charge in [-0.05, 0) is 68.8 Å². The van der Waals surface area contributed by atoms with E-state index in [1.54, 1.807) is 11.0 Å². The molecular weight excluding hydrogens is 475 g/mol. The zero-order valence-electron chi connectivity index (χ0n) is 19.7. The molecule has 4 rings (SSSR count). The first kappa shape index (κ1) is 24.3. The molecule has 34 heavy (non-hydrogen) atoms. The minimum Gasteiger partial charge on any atom is -0.444 e. The first-order valence-corrected chi connectivity index (χ1v) is 11.9. The summed E-state index contributed by atoms with van der Waals surface area (Å²) in [7, 11) is 0. The third kappa shape index (κ3) is 5.62. The van der Waals surface area contributed by atoms with E-state index in [0.29, 0.717) is 42.0 Å². The van der Waals surface area contributed by atoms with E-state index < -0.39 is 5.60 Å². The van der Waals surface area contributed by atoms with E-state index in [2.05, 4.69) is 31.7 Å². The van der Waals surface area contributed by atoms with Gasteiger partial charge in [0, 0.05) is 47.3 Å². The van der Waals surface area contributed by atoms with Gasteiger partial charge in [0.25, 0.3) is 0 Å². The molecule has 2 heterocycles. The SMILES string of the molecule is C[C@@H](Nc1nnnc2ccc(N3CCN(C(=O)OC(C)(C)C)CC3)cc12)c1ccc(Cl)cc1Cl. The highest BCUT2D eigenvalue weighted by molar-refractivity contribution is 6.35. The maximum absolute atomic E-state index is 12.4. The molecule has 0 radical (unpaired) electrons. The average molecular weight is 503 g/mol.